The second-order valence-electron chi connectivity index (χ2n) is 7.65. The van der Waals surface area contributed by atoms with E-state index in [1.165, 1.54) is 0 Å². The zero-order valence-corrected chi connectivity index (χ0v) is 25.6. The predicted molar refractivity (Wildman–Crippen MR) is 163 cm³/mol. The lowest BCUT2D eigenvalue weighted by atomic mass is 10.1. The van der Waals surface area contributed by atoms with Crippen LogP contribution in [-0.2, 0) is 0 Å². The molecule has 0 radical (unpaired) electrons. The summed E-state index contributed by atoms with van der Waals surface area (Å²) in [5.41, 5.74) is 5.90. The fourth-order valence-electron chi connectivity index (χ4n) is 3.48. The Balaban J connectivity index is 1.44. The Kier molecular flexibility index (Phi) is 9.17. The molecule has 0 fully saturated rings. The Labute approximate surface area is 244 Å². The minimum Gasteiger partial charge on any atom is -0.494 e. The summed E-state index contributed by atoms with van der Waals surface area (Å²) in [6.45, 7) is 0. The molecule has 4 aromatic carbocycles. The fraction of sp³-hybridized carbons (Fsp3) is 0.0714. The third-order valence-corrected chi connectivity index (χ3v) is 7.60. The van der Waals surface area contributed by atoms with Crippen molar-refractivity contribution in [3.63, 3.8) is 0 Å². The van der Waals surface area contributed by atoms with E-state index >= 15 is 0 Å². The number of methoxy groups -OCH3 is 2. The average Bonchev–Trinajstić information content (AvgIpc) is 2.87. The molecule has 4 nitrogen and oxygen atoms in total. The summed E-state index contributed by atoms with van der Waals surface area (Å²) in [7, 11) is 3.28. The van der Waals surface area contributed by atoms with E-state index in [2.05, 4.69) is 98.0 Å². The van der Waals surface area contributed by atoms with Gasteiger partial charge in [0.05, 0.1) is 43.5 Å². The van der Waals surface area contributed by atoms with Gasteiger partial charge in [0.1, 0.15) is 11.5 Å². The van der Waals surface area contributed by atoms with Gasteiger partial charge in [0.25, 0.3) is 0 Å². The lowest BCUT2D eigenvalue weighted by molar-refractivity contribution is 0.409. The Bertz CT molecular complexity index is 1280. The van der Waals surface area contributed by atoms with Gasteiger partial charge in [-0.15, -0.1) is 0 Å². The normalized spacial score (nSPS) is 11.4. The summed E-state index contributed by atoms with van der Waals surface area (Å²) >= 11 is 14.1. The highest BCUT2D eigenvalue weighted by Gasteiger charge is 2.08. The highest BCUT2D eigenvalue weighted by Crippen LogP contribution is 2.35. The molecule has 4 rings (SSSR count). The van der Waals surface area contributed by atoms with Gasteiger partial charge in [0.15, 0.2) is 0 Å². The van der Waals surface area contributed by atoms with E-state index in [4.69, 9.17) is 9.47 Å². The number of ether oxygens (including phenoxy) is 2. The maximum Gasteiger partial charge on any atom is 0.147 e. The van der Waals surface area contributed by atoms with Crippen molar-refractivity contribution in [2.75, 3.05) is 14.2 Å². The number of hydrogen-bond acceptors (Lipinski definition) is 4. The van der Waals surface area contributed by atoms with Crippen molar-refractivity contribution in [2.45, 2.75) is 0 Å². The number of halogens is 4. The second-order valence-corrected chi connectivity index (χ2v) is 11.1. The number of benzene rings is 4. The predicted octanol–water partition coefficient (Wildman–Crippen LogP) is 9.92. The first kappa shape index (κ1) is 26.8. The van der Waals surface area contributed by atoms with Gasteiger partial charge in [-0.05, 0) is 135 Å². The maximum absolute atomic E-state index is 5.35. The molecular formula is C28H20Br4N2O2. The Hall–Kier alpha value is -2.26. The van der Waals surface area contributed by atoms with Gasteiger partial charge in [-0.2, -0.15) is 0 Å². The maximum atomic E-state index is 5.35. The molecule has 0 aliphatic heterocycles. The van der Waals surface area contributed by atoms with Crippen LogP contribution in [0.4, 0.5) is 11.4 Å². The zero-order valence-electron chi connectivity index (χ0n) is 19.3. The Morgan fingerprint density at radius 1 is 0.528 bits per heavy atom. The summed E-state index contributed by atoms with van der Waals surface area (Å²) in [5.74, 6) is 1.52. The van der Waals surface area contributed by atoms with Crippen molar-refractivity contribution in [1.82, 2.24) is 0 Å². The van der Waals surface area contributed by atoms with Crippen molar-refractivity contribution >= 4 is 87.5 Å². The van der Waals surface area contributed by atoms with Crippen LogP contribution in [0.2, 0.25) is 0 Å². The van der Waals surface area contributed by atoms with Crippen LogP contribution in [0.25, 0.3) is 11.1 Å². The van der Waals surface area contributed by atoms with E-state index in [-0.39, 0.29) is 0 Å². The van der Waals surface area contributed by atoms with Gasteiger partial charge >= 0.3 is 0 Å². The molecule has 0 heterocycles. The van der Waals surface area contributed by atoms with Crippen LogP contribution in [-0.4, -0.2) is 26.6 Å². The summed E-state index contributed by atoms with van der Waals surface area (Å²) in [4.78, 5) is 9.20. The van der Waals surface area contributed by atoms with E-state index in [1.54, 1.807) is 14.2 Å². The van der Waals surface area contributed by atoms with E-state index in [0.29, 0.717) is 0 Å². The van der Waals surface area contributed by atoms with E-state index in [1.807, 2.05) is 61.0 Å². The molecule has 8 heteroatoms. The molecule has 0 saturated heterocycles. The summed E-state index contributed by atoms with van der Waals surface area (Å²) < 4.78 is 14.2. The summed E-state index contributed by atoms with van der Waals surface area (Å²) in [5, 5.41) is 0. The molecular weight excluding hydrogens is 716 g/mol. The van der Waals surface area contributed by atoms with Crippen molar-refractivity contribution < 1.29 is 9.47 Å². The molecule has 4 aromatic rings. The monoisotopic (exact) mass is 732 g/mol. The van der Waals surface area contributed by atoms with Gasteiger partial charge in [0, 0.05) is 12.4 Å². The molecule has 36 heavy (non-hydrogen) atoms. The lowest BCUT2D eigenvalue weighted by Crippen LogP contribution is -1.89. The van der Waals surface area contributed by atoms with Crippen LogP contribution in [0.5, 0.6) is 11.5 Å². The molecule has 0 atom stereocenters. The van der Waals surface area contributed by atoms with Crippen LogP contribution in [0.15, 0.2) is 101 Å². The molecule has 0 aromatic heterocycles. The molecule has 0 aliphatic carbocycles. The molecule has 0 bridgehead atoms. The van der Waals surface area contributed by atoms with Crippen molar-refractivity contribution in [2.24, 2.45) is 9.98 Å². The standard InChI is InChI=1S/C28H20Br4N2O2/c1-35-27-23(29)11-17(12-24(27)30)15-33-21-7-3-19(4-8-21)20-5-9-22(10-6-20)34-16-18-13-25(31)28(36-2)26(32)14-18/h3-16H,1-2H3. The first-order valence-electron chi connectivity index (χ1n) is 10.7. The highest BCUT2D eigenvalue weighted by molar-refractivity contribution is 9.11. The molecule has 0 N–H and O–H groups in total. The van der Waals surface area contributed by atoms with Crippen molar-refractivity contribution in [1.29, 1.82) is 0 Å². The minimum absolute atomic E-state index is 0.759. The average molecular weight is 736 g/mol. The number of hydrogen-bond donors (Lipinski definition) is 0. The minimum atomic E-state index is 0.759. The quantitative estimate of drug-likeness (QED) is 0.178. The van der Waals surface area contributed by atoms with Crippen LogP contribution >= 0.6 is 63.7 Å². The molecule has 0 amide bonds. The number of aliphatic imine (C=N–C) groups is 2. The topological polar surface area (TPSA) is 43.2 Å². The Morgan fingerprint density at radius 3 is 1.11 bits per heavy atom. The smallest absolute Gasteiger partial charge is 0.147 e. The van der Waals surface area contributed by atoms with Crippen LogP contribution in [0, 0.1) is 0 Å². The third kappa shape index (κ3) is 6.54. The van der Waals surface area contributed by atoms with E-state index in [9.17, 15) is 0 Å². The van der Waals surface area contributed by atoms with Gasteiger partial charge in [-0.1, -0.05) is 24.3 Å². The van der Waals surface area contributed by atoms with Crippen LogP contribution < -0.4 is 9.47 Å². The van der Waals surface area contributed by atoms with Gasteiger partial charge in [0.2, 0.25) is 0 Å². The van der Waals surface area contributed by atoms with E-state index in [0.717, 1.165) is 63.0 Å². The first-order chi connectivity index (χ1) is 17.4. The molecule has 0 saturated carbocycles. The number of rotatable bonds is 7. The lowest BCUT2D eigenvalue weighted by Gasteiger charge is -2.07. The molecule has 0 aliphatic rings. The van der Waals surface area contributed by atoms with E-state index < -0.39 is 0 Å². The largest absolute Gasteiger partial charge is 0.494 e. The zero-order chi connectivity index (χ0) is 25.7. The summed E-state index contributed by atoms with van der Waals surface area (Å²) in [6.07, 6.45) is 3.66. The third-order valence-electron chi connectivity index (χ3n) is 5.24. The molecule has 182 valence electrons. The summed E-state index contributed by atoms with van der Waals surface area (Å²) in [6, 6.07) is 24.2. The van der Waals surface area contributed by atoms with Crippen molar-refractivity contribution in [3.05, 3.63) is 102 Å². The molecule has 0 unspecified atom stereocenters. The number of nitrogens with zero attached hydrogens (tertiary/aromatic N) is 2. The SMILES string of the molecule is COc1c(Br)cc(C=Nc2ccc(-c3ccc(N=Cc4cc(Br)c(OC)c(Br)c4)cc3)cc2)cc1Br. The fourth-order valence-corrected chi connectivity index (χ4v) is 6.57. The van der Waals surface area contributed by atoms with Crippen LogP contribution in [0.3, 0.4) is 0 Å². The van der Waals surface area contributed by atoms with Crippen LogP contribution in [0.1, 0.15) is 11.1 Å². The van der Waals surface area contributed by atoms with Gasteiger partial charge in [-0.3, -0.25) is 9.98 Å². The Morgan fingerprint density at radius 2 is 0.833 bits per heavy atom. The highest BCUT2D eigenvalue weighted by atomic mass is 79.9. The van der Waals surface area contributed by atoms with Crippen molar-refractivity contribution in [3.8, 4) is 22.6 Å². The molecule has 0 spiro atoms. The van der Waals surface area contributed by atoms with Gasteiger partial charge < -0.3 is 9.47 Å². The van der Waals surface area contributed by atoms with Gasteiger partial charge in [-0.25, -0.2) is 0 Å². The second kappa shape index (κ2) is 12.3. The first-order valence-corrected chi connectivity index (χ1v) is 13.9.